The topological polar surface area (TPSA) is 52.6 Å². The number of hydrogen-bond donors (Lipinski definition) is 2. The number of nitrogens with zero attached hydrogens (tertiary/aromatic N) is 1. The van der Waals surface area contributed by atoms with Crippen molar-refractivity contribution in [3.63, 3.8) is 0 Å². The Morgan fingerprint density at radius 1 is 1.26 bits per heavy atom. The van der Waals surface area contributed by atoms with Crippen molar-refractivity contribution in [2.24, 2.45) is 0 Å². The first-order chi connectivity index (χ1) is 9.16. The third-order valence-electron chi connectivity index (χ3n) is 3.66. The molecule has 2 N–H and O–H groups in total. The van der Waals surface area contributed by atoms with E-state index in [4.69, 9.17) is 0 Å². The molecule has 1 amide bonds. The Labute approximate surface area is 114 Å². The number of benzene rings is 1. The first-order valence-corrected chi connectivity index (χ1v) is 6.97. The van der Waals surface area contributed by atoms with Crippen molar-refractivity contribution in [3.05, 3.63) is 29.8 Å². The van der Waals surface area contributed by atoms with E-state index in [1.807, 2.05) is 24.0 Å². The zero-order valence-corrected chi connectivity index (χ0v) is 11.4. The highest BCUT2D eigenvalue weighted by molar-refractivity contribution is 5.78. The van der Waals surface area contributed by atoms with Crippen LogP contribution in [-0.2, 0) is 4.79 Å². The summed E-state index contributed by atoms with van der Waals surface area (Å²) in [4.78, 5) is 14.0. The van der Waals surface area contributed by atoms with Gasteiger partial charge in [-0.1, -0.05) is 12.1 Å². The highest BCUT2D eigenvalue weighted by atomic mass is 16.3. The molecule has 1 aromatic rings. The summed E-state index contributed by atoms with van der Waals surface area (Å²) in [6, 6.07) is 7.19. The van der Waals surface area contributed by atoms with E-state index < -0.39 is 0 Å². The number of phenolic OH excluding ortho intramolecular Hbond substituents is 1. The van der Waals surface area contributed by atoms with Gasteiger partial charge in [0.2, 0.25) is 5.91 Å². The summed E-state index contributed by atoms with van der Waals surface area (Å²) in [5.41, 5.74) is 1.07. The van der Waals surface area contributed by atoms with Gasteiger partial charge < -0.3 is 15.3 Å². The molecule has 1 unspecified atom stereocenters. The lowest BCUT2D eigenvalue weighted by molar-refractivity contribution is -0.131. The predicted octanol–water partition coefficient (Wildman–Crippen LogP) is 2.06. The number of nitrogens with one attached hydrogen (secondary N) is 1. The van der Waals surface area contributed by atoms with Gasteiger partial charge in [-0.25, -0.2) is 0 Å². The molecule has 1 saturated heterocycles. The summed E-state index contributed by atoms with van der Waals surface area (Å²) in [5.74, 6) is 0.450. The van der Waals surface area contributed by atoms with Gasteiger partial charge >= 0.3 is 0 Å². The third kappa shape index (κ3) is 3.96. The van der Waals surface area contributed by atoms with E-state index in [0.29, 0.717) is 6.54 Å². The molecule has 0 saturated carbocycles. The molecular weight excluding hydrogens is 240 g/mol. The van der Waals surface area contributed by atoms with E-state index in [1.165, 1.54) is 6.42 Å². The lowest BCUT2D eigenvalue weighted by Gasteiger charge is -2.27. The number of amides is 1. The lowest BCUT2D eigenvalue weighted by atomic mass is 10.1. The van der Waals surface area contributed by atoms with Crippen LogP contribution in [0.4, 0.5) is 0 Å². The summed E-state index contributed by atoms with van der Waals surface area (Å²) in [5, 5.41) is 12.5. The van der Waals surface area contributed by atoms with Crippen molar-refractivity contribution in [1.29, 1.82) is 0 Å². The van der Waals surface area contributed by atoms with E-state index in [9.17, 15) is 9.90 Å². The minimum Gasteiger partial charge on any atom is -0.508 e. The zero-order chi connectivity index (χ0) is 13.7. The van der Waals surface area contributed by atoms with Crippen LogP contribution in [0.25, 0.3) is 0 Å². The Bertz CT molecular complexity index is 411. The standard InChI is InChI=1S/C15H22N2O2/c1-12(13-5-7-14(18)8-6-13)16-11-15(19)17-9-3-2-4-10-17/h5-8,12,16,18H,2-4,9-11H2,1H3. The number of hydrogen-bond acceptors (Lipinski definition) is 3. The summed E-state index contributed by atoms with van der Waals surface area (Å²) >= 11 is 0. The fraction of sp³-hybridized carbons (Fsp3) is 0.533. The number of likely N-dealkylation sites (tertiary alicyclic amines) is 1. The van der Waals surface area contributed by atoms with Gasteiger partial charge in [-0.05, 0) is 43.9 Å². The number of carbonyl (C=O) groups is 1. The van der Waals surface area contributed by atoms with Crippen LogP contribution in [0.1, 0.15) is 37.8 Å². The maximum Gasteiger partial charge on any atom is 0.236 e. The van der Waals surface area contributed by atoms with Gasteiger partial charge in [0.05, 0.1) is 6.54 Å². The van der Waals surface area contributed by atoms with Crippen molar-refractivity contribution in [1.82, 2.24) is 10.2 Å². The largest absolute Gasteiger partial charge is 0.508 e. The zero-order valence-electron chi connectivity index (χ0n) is 11.4. The molecule has 4 nitrogen and oxygen atoms in total. The van der Waals surface area contributed by atoms with Gasteiger partial charge in [0, 0.05) is 19.1 Å². The monoisotopic (exact) mass is 262 g/mol. The van der Waals surface area contributed by atoms with E-state index in [1.54, 1.807) is 12.1 Å². The molecule has 1 heterocycles. The number of carbonyl (C=O) groups excluding carboxylic acids is 1. The molecule has 4 heteroatoms. The van der Waals surface area contributed by atoms with Crippen molar-refractivity contribution in [2.45, 2.75) is 32.2 Å². The van der Waals surface area contributed by atoms with Crippen LogP contribution in [0.3, 0.4) is 0 Å². The maximum atomic E-state index is 12.0. The molecule has 1 aromatic carbocycles. The van der Waals surface area contributed by atoms with Crippen LogP contribution in [0.5, 0.6) is 5.75 Å². The average Bonchev–Trinajstić information content (AvgIpc) is 2.46. The predicted molar refractivity (Wildman–Crippen MR) is 75.0 cm³/mol. The van der Waals surface area contributed by atoms with Crippen LogP contribution < -0.4 is 5.32 Å². The second-order valence-electron chi connectivity index (χ2n) is 5.14. The Hall–Kier alpha value is -1.55. The molecule has 2 rings (SSSR count). The summed E-state index contributed by atoms with van der Waals surface area (Å²) in [6.45, 7) is 4.19. The molecule has 1 fully saturated rings. The second-order valence-corrected chi connectivity index (χ2v) is 5.14. The number of phenols is 1. The fourth-order valence-electron chi connectivity index (χ4n) is 2.38. The van der Waals surface area contributed by atoms with Crippen LogP contribution in [-0.4, -0.2) is 35.5 Å². The van der Waals surface area contributed by atoms with Gasteiger partial charge in [-0.2, -0.15) is 0 Å². The highest BCUT2D eigenvalue weighted by Gasteiger charge is 2.16. The first-order valence-electron chi connectivity index (χ1n) is 6.97. The molecule has 19 heavy (non-hydrogen) atoms. The van der Waals surface area contributed by atoms with Crippen molar-refractivity contribution < 1.29 is 9.90 Å². The van der Waals surface area contributed by atoms with Gasteiger partial charge in [0.1, 0.15) is 5.75 Å². The minimum absolute atomic E-state index is 0.106. The fourth-order valence-corrected chi connectivity index (χ4v) is 2.38. The van der Waals surface area contributed by atoms with Crippen molar-refractivity contribution in [3.8, 4) is 5.75 Å². The molecule has 1 atom stereocenters. The normalized spacial score (nSPS) is 17.2. The Morgan fingerprint density at radius 3 is 2.53 bits per heavy atom. The molecule has 104 valence electrons. The molecule has 0 spiro atoms. The Balaban J connectivity index is 1.80. The molecule has 1 aliphatic rings. The Kier molecular flexibility index (Phi) is 4.80. The van der Waals surface area contributed by atoms with Crippen LogP contribution in [0, 0.1) is 0 Å². The van der Waals surface area contributed by atoms with Crippen LogP contribution >= 0.6 is 0 Å². The molecule has 1 aliphatic heterocycles. The van der Waals surface area contributed by atoms with Crippen LogP contribution in [0.2, 0.25) is 0 Å². The summed E-state index contributed by atoms with van der Waals surface area (Å²) in [7, 11) is 0. The van der Waals surface area contributed by atoms with Crippen molar-refractivity contribution >= 4 is 5.91 Å². The van der Waals surface area contributed by atoms with Crippen molar-refractivity contribution in [2.75, 3.05) is 19.6 Å². The second kappa shape index (κ2) is 6.57. The lowest BCUT2D eigenvalue weighted by Crippen LogP contribution is -2.41. The number of rotatable bonds is 4. The van der Waals surface area contributed by atoms with Gasteiger partial charge in [-0.3, -0.25) is 4.79 Å². The molecule has 0 aromatic heterocycles. The molecule has 0 radical (unpaired) electrons. The van der Waals surface area contributed by atoms with E-state index in [-0.39, 0.29) is 17.7 Å². The number of aromatic hydroxyl groups is 1. The Morgan fingerprint density at radius 2 is 1.89 bits per heavy atom. The van der Waals surface area contributed by atoms with Crippen LogP contribution in [0.15, 0.2) is 24.3 Å². The highest BCUT2D eigenvalue weighted by Crippen LogP contribution is 2.16. The van der Waals surface area contributed by atoms with E-state index in [2.05, 4.69) is 5.32 Å². The summed E-state index contributed by atoms with van der Waals surface area (Å²) < 4.78 is 0. The maximum absolute atomic E-state index is 12.0. The SMILES string of the molecule is CC(NCC(=O)N1CCCCC1)c1ccc(O)cc1. The van der Waals surface area contributed by atoms with E-state index in [0.717, 1.165) is 31.5 Å². The van der Waals surface area contributed by atoms with Gasteiger partial charge in [0.25, 0.3) is 0 Å². The van der Waals surface area contributed by atoms with E-state index >= 15 is 0 Å². The smallest absolute Gasteiger partial charge is 0.236 e. The van der Waals surface area contributed by atoms with Gasteiger partial charge in [0.15, 0.2) is 0 Å². The third-order valence-corrected chi connectivity index (χ3v) is 3.66. The van der Waals surface area contributed by atoms with Gasteiger partial charge in [-0.15, -0.1) is 0 Å². The minimum atomic E-state index is 0.106. The first kappa shape index (κ1) is 13.9. The molecule has 0 bridgehead atoms. The average molecular weight is 262 g/mol. The quantitative estimate of drug-likeness (QED) is 0.873. The summed E-state index contributed by atoms with van der Waals surface area (Å²) in [6.07, 6.45) is 3.49. The molecule has 0 aliphatic carbocycles. The number of piperidine rings is 1. The molecular formula is C15H22N2O2.